The van der Waals surface area contributed by atoms with Crippen LogP contribution in [0.5, 0.6) is 0 Å². The average molecular weight is 320 g/mol. The number of imidazole rings is 1. The SMILES string of the molecule is Cc1ncn(-c2ccc(CNC3CC3)cc2Br)c1C. The number of nitrogens with zero attached hydrogens (tertiary/aromatic N) is 2. The average Bonchev–Trinajstić information content (AvgIpc) is 3.16. The number of nitrogens with one attached hydrogen (secondary N) is 1. The Bertz CT molecular complexity index is 599. The molecule has 1 aromatic carbocycles. The lowest BCUT2D eigenvalue weighted by Crippen LogP contribution is -2.15. The zero-order chi connectivity index (χ0) is 13.4. The predicted octanol–water partition coefficient (Wildman–Crippen LogP) is 3.50. The molecule has 100 valence electrons. The van der Waals surface area contributed by atoms with Gasteiger partial charge in [0.15, 0.2) is 0 Å². The molecule has 1 N–H and O–H groups in total. The van der Waals surface area contributed by atoms with E-state index in [1.807, 2.05) is 13.3 Å². The number of hydrogen-bond acceptors (Lipinski definition) is 2. The first-order valence-electron chi connectivity index (χ1n) is 6.68. The summed E-state index contributed by atoms with van der Waals surface area (Å²) >= 11 is 3.67. The van der Waals surface area contributed by atoms with Crippen LogP contribution in [0.1, 0.15) is 29.8 Å². The van der Waals surface area contributed by atoms with E-state index in [0.717, 1.165) is 28.4 Å². The van der Waals surface area contributed by atoms with Gasteiger partial charge in [0.05, 0.1) is 17.7 Å². The molecule has 1 fully saturated rings. The standard InChI is InChI=1S/C15H18BrN3/c1-10-11(2)19(9-18-10)15-6-3-12(7-14(15)16)8-17-13-4-5-13/h3,6-7,9,13,17H,4-5,8H2,1-2H3. The molecule has 4 heteroatoms. The minimum atomic E-state index is 0.747. The number of halogens is 1. The Hall–Kier alpha value is -1.13. The van der Waals surface area contributed by atoms with E-state index in [0.29, 0.717) is 0 Å². The third kappa shape index (κ3) is 2.74. The molecule has 0 amide bonds. The van der Waals surface area contributed by atoms with E-state index in [9.17, 15) is 0 Å². The van der Waals surface area contributed by atoms with Crippen LogP contribution in [0.3, 0.4) is 0 Å². The summed E-state index contributed by atoms with van der Waals surface area (Å²) in [6, 6.07) is 7.28. The zero-order valence-electron chi connectivity index (χ0n) is 11.3. The molecular formula is C15H18BrN3. The van der Waals surface area contributed by atoms with Crippen LogP contribution in [-0.2, 0) is 6.54 Å². The van der Waals surface area contributed by atoms with Crippen LogP contribution in [0.4, 0.5) is 0 Å². The van der Waals surface area contributed by atoms with E-state index in [2.05, 4.69) is 55.9 Å². The van der Waals surface area contributed by atoms with Crippen molar-refractivity contribution < 1.29 is 0 Å². The van der Waals surface area contributed by atoms with Gasteiger partial charge in [0.25, 0.3) is 0 Å². The van der Waals surface area contributed by atoms with Crippen molar-refractivity contribution in [1.29, 1.82) is 0 Å². The topological polar surface area (TPSA) is 29.9 Å². The van der Waals surface area contributed by atoms with E-state index >= 15 is 0 Å². The van der Waals surface area contributed by atoms with Crippen molar-refractivity contribution in [2.45, 2.75) is 39.3 Å². The Morgan fingerprint density at radius 2 is 2.16 bits per heavy atom. The molecule has 3 nitrogen and oxygen atoms in total. The monoisotopic (exact) mass is 319 g/mol. The van der Waals surface area contributed by atoms with Gasteiger partial charge in [-0.05, 0) is 60.3 Å². The predicted molar refractivity (Wildman–Crippen MR) is 80.6 cm³/mol. The summed E-state index contributed by atoms with van der Waals surface area (Å²) in [5.74, 6) is 0. The minimum absolute atomic E-state index is 0.747. The van der Waals surface area contributed by atoms with Crippen molar-refractivity contribution in [3.63, 3.8) is 0 Å². The van der Waals surface area contributed by atoms with Gasteiger partial charge >= 0.3 is 0 Å². The van der Waals surface area contributed by atoms with Gasteiger partial charge in [-0.1, -0.05) is 6.07 Å². The third-order valence-electron chi connectivity index (χ3n) is 3.70. The molecule has 0 atom stereocenters. The van der Waals surface area contributed by atoms with Crippen molar-refractivity contribution in [2.75, 3.05) is 0 Å². The lowest BCUT2D eigenvalue weighted by molar-refractivity contribution is 0.687. The second-order valence-electron chi connectivity index (χ2n) is 5.23. The van der Waals surface area contributed by atoms with Crippen molar-refractivity contribution in [3.8, 4) is 5.69 Å². The Kier molecular flexibility index (Phi) is 3.46. The smallest absolute Gasteiger partial charge is 0.0997 e. The summed E-state index contributed by atoms with van der Waals surface area (Å²) in [6.07, 6.45) is 4.53. The molecule has 0 aliphatic heterocycles. The van der Waals surface area contributed by atoms with Gasteiger partial charge in [0.2, 0.25) is 0 Å². The maximum atomic E-state index is 4.35. The summed E-state index contributed by atoms with van der Waals surface area (Å²) in [6.45, 7) is 5.08. The quantitative estimate of drug-likeness (QED) is 0.934. The molecule has 3 rings (SSSR count). The molecule has 0 spiro atoms. The molecule has 1 saturated carbocycles. The highest BCUT2D eigenvalue weighted by atomic mass is 79.9. The summed E-state index contributed by atoms with van der Waals surface area (Å²) < 4.78 is 3.24. The van der Waals surface area contributed by atoms with Crippen LogP contribution < -0.4 is 5.32 Å². The number of benzene rings is 1. The molecule has 1 aromatic heterocycles. The Morgan fingerprint density at radius 1 is 1.37 bits per heavy atom. The molecule has 0 saturated heterocycles. The highest BCUT2D eigenvalue weighted by Crippen LogP contribution is 2.25. The molecule has 1 aliphatic carbocycles. The number of rotatable bonds is 4. The molecule has 1 heterocycles. The molecule has 19 heavy (non-hydrogen) atoms. The Balaban J connectivity index is 1.84. The summed E-state index contributed by atoms with van der Waals surface area (Å²) in [7, 11) is 0. The van der Waals surface area contributed by atoms with Crippen molar-refractivity contribution in [1.82, 2.24) is 14.9 Å². The fourth-order valence-electron chi connectivity index (χ4n) is 2.15. The van der Waals surface area contributed by atoms with Gasteiger partial charge in [-0.15, -0.1) is 0 Å². The first-order chi connectivity index (χ1) is 9.15. The minimum Gasteiger partial charge on any atom is -0.310 e. The van der Waals surface area contributed by atoms with E-state index in [1.165, 1.54) is 24.1 Å². The number of hydrogen-bond donors (Lipinski definition) is 1. The van der Waals surface area contributed by atoms with E-state index in [4.69, 9.17) is 0 Å². The van der Waals surface area contributed by atoms with Crippen LogP contribution in [0.25, 0.3) is 5.69 Å². The molecule has 2 aromatic rings. The van der Waals surface area contributed by atoms with Gasteiger partial charge in [-0.25, -0.2) is 4.98 Å². The van der Waals surface area contributed by atoms with Crippen molar-refractivity contribution in [3.05, 3.63) is 46.0 Å². The van der Waals surface area contributed by atoms with Gasteiger partial charge in [-0.3, -0.25) is 0 Å². The van der Waals surface area contributed by atoms with Crippen LogP contribution in [-0.4, -0.2) is 15.6 Å². The highest BCUT2D eigenvalue weighted by molar-refractivity contribution is 9.10. The highest BCUT2D eigenvalue weighted by Gasteiger charge is 2.20. The molecule has 1 aliphatic rings. The van der Waals surface area contributed by atoms with Crippen molar-refractivity contribution >= 4 is 15.9 Å². The lowest BCUT2D eigenvalue weighted by Gasteiger charge is -2.10. The molecular weight excluding hydrogens is 302 g/mol. The first kappa shape index (κ1) is 12.9. The Morgan fingerprint density at radius 3 is 2.74 bits per heavy atom. The maximum absolute atomic E-state index is 4.35. The fourth-order valence-corrected chi connectivity index (χ4v) is 2.76. The van der Waals surface area contributed by atoms with E-state index in [-0.39, 0.29) is 0 Å². The summed E-state index contributed by atoms with van der Waals surface area (Å²) in [4.78, 5) is 4.35. The van der Waals surface area contributed by atoms with Gasteiger partial charge in [0, 0.05) is 22.8 Å². The van der Waals surface area contributed by atoms with Crippen LogP contribution >= 0.6 is 15.9 Å². The fraction of sp³-hybridized carbons (Fsp3) is 0.400. The molecule has 0 bridgehead atoms. The van der Waals surface area contributed by atoms with Gasteiger partial charge in [-0.2, -0.15) is 0 Å². The number of aryl methyl sites for hydroxylation is 1. The molecule has 0 unspecified atom stereocenters. The van der Waals surface area contributed by atoms with Crippen molar-refractivity contribution in [2.24, 2.45) is 0 Å². The zero-order valence-corrected chi connectivity index (χ0v) is 12.9. The summed E-state index contributed by atoms with van der Waals surface area (Å²) in [5.41, 5.74) is 4.72. The third-order valence-corrected chi connectivity index (χ3v) is 4.33. The van der Waals surface area contributed by atoms with Gasteiger partial charge in [0.1, 0.15) is 0 Å². The van der Waals surface area contributed by atoms with Crippen LogP contribution in [0.15, 0.2) is 29.0 Å². The van der Waals surface area contributed by atoms with Crippen LogP contribution in [0.2, 0.25) is 0 Å². The van der Waals surface area contributed by atoms with Gasteiger partial charge < -0.3 is 9.88 Å². The van der Waals surface area contributed by atoms with E-state index < -0.39 is 0 Å². The molecule has 0 radical (unpaired) electrons. The second kappa shape index (κ2) is 5.10. The normalized spacial score (nSPS) is 14.9. The number of aromatic nitrogens is 2. The lowest BCUT2D eigenvalue weighted by atomic mass is 10.2. The van der Waals surface area contributed by atoms with Crippen LogP contribution in [0, 0.1) is 13.8 Å². The second-order valence-corrected chi connectivity index (χ2v) is 6.08. The maximum Gasteiger partial charge on any atom is 0.0997 e. The Labute approximate surface area is 122 Å². The first-order valence-corrected chi connectivity index (χ1v) is 7.47. The summed E-state index contributed by atoms with van der Waals surface area (Å²) in [5, 5.41) is 3.53. The largest absolute Gasteiger partial charge is 0.310 e. The van der Waals surface area contributed by atoms with E-state index in [1.54, 1.807) is 0 Å².